The van der Waals surface area contributed by atoms with E-state index in [4.69, 9.17) is 5.11 Å². The van der Waals surface area contributed by atoms with Crippen molar-refractivity contribution in [2.45, 2.75) is 55.0 Å². The normalized spacial score (nSPS) is 9.59. The van der Waals surface area contributed by atoms with Crippen LogP contribution in [0.2, 0.25) is 0 Å². The smallest absolute Gasteiger partial charge is 0.508 e. The van der Waals surface area contributed by atoms with Crippen molar-refractivity contribution >= 4 is 0 Å². The number of likely N-dealkylation sites (N-methyl/N-ethyl adjacent to an activating group) is 2. The van der Waals surface area contributed by atoms with Crippen LogP contribution in [0.1, 0.15) is 54.0 Å². The monoisotopic (exact) mass is 432 g/mol. The number of hydrogen-bond acceptors (Lipinski definition) is 4. The molecule has 2 N–H and O–H groups in total. The van der Waals surface area contributed by atoms with Crippen LogP contribution in [0.25, 0.3) is 0 Å². The first-order valence-electron chi connectivity index (χ1n) is 9.22. The summed E-state index contributed by atoms with van der Waals surface area (Å²) in [5, 5.41) is 17.2. The van der Waals surface area contributed by atoms with E-state index in [9.17, 15) is 5.11 Å². The number of benzene rings is 1. The summed E-state index contributed by atoms with van der Waals surface area (Å²) in [4.78, 5) is 4.36. The van der Waals surface area contributed by atoms with E-state index in [1.807, 2.05) is 18.2 Å². The molecule has 0 aromatic heterocycles. The molecule has 0 unspecified atom stereocenters. The molecular weight excluding hydrogens is 390 g/mol. The molecule has 1 rings (SSSR count). The minimum atomic E-state index is 0. The maximum absolute atomic E-state index is 9.60. The molecule has 0 spiro atoms. The minimum absolute atomic E-state index is 0. The van der Waals surface area contributed by atoms with E-state index in [1.165, 1.54) is 11.8 Å². The van der Waals surface area contributed by atoms with E-state index in [0.717, 1.165) is 25.2 Å². The zero-order valence-corrected chi connectivity index (χ0v) is 22.6. The van der Waals surface area contributed by atoms with Crippen molar-refractivity contribution < 1.29 is 29.7 Å². The van der Waals surface area contributed by atoms with E-state index in [0.29, 0.717) is 5.75 Å². The Balaban J connectivity index is -0.000000183. The average Bonchev–Trinajstić information content (AvgIpc) is 2.47. The van der Waals surface area contributed by atoms with Gasteiger partial charge in [-0.1, -0.05) is 18.2 Å². The van der Waals surface area contributed by atoms with Gasteiger partial charge in [0.2, 0.25) is 0 Å². The van der Waals surface area contributed by atoms with Crippen LogP contribution in [0.5, 0.6) is 5.75 Å². The number of nitrogens with zero attached hydrogens (tertiary/aromatic N) is 2. The predicted molar refractivity (Wildman–Crippen MR) is 116 cm³/mol. The number of para-hydroxylation sites is 1. The predicted octanol–water partition coefficient (Wildman–Crippen LogP) is 4.62. The van der Waals surface area contributed by atoms with Crippen molar-refractivity contribution in [3.8, 4) is 5.75 Å². The van der Waals surface area contributed by atoms with Gasteiger partial charge in [-0.2, -0.15) is 41.5 Å². The molecule has 5 heteroatoms. The Hall–Kier alpha value is -0.477. The van der Waals surface area contributed by atoms with Crippen LogP contribution in [-0.4, -0.2) is 60.9 Å². The molecule has 0 aliphatic carbocycles. The number of hydrogen-bond donors (Lipinski definition) is 2. The van der Waals surface area contributed by atoms with Crippen LogP contribution in [0.4, 0.5) is 0 Å². The molecule has 0 aliphatic rings. The SMILES string of the molecule is CCO.CN(C)CCN(C)Cc1ccccc1O.C[C-](C)C.C[C-](C)C.[Zn+2]. The summed E-state index contributed by atoms with van der Waals surface area (Å²) in [6.45, 7) is 17.3. The van der Waals surface area contributed by atoms with E-state index in [-0.39, 0.29) is 26.1 Å². The fraction of sp³-hybridized carbons (Fsp3) is 0.636. The summed E-state index contributed by atoms with van der Waals surface area (Å²) in [6.07, 6.45) is 0. The summed E-state index contributed by atoms with van der Waals surface area (Å²) in [5.74, 6) is 3.22. The molecular formula is C22H44N2O2Zn. The third kappa shape index (κ3) is 37.1. The van der Waals surface area contributed by atoms with Gasteiger partial charge in [-0.3, -0.25) is 0 Å². The fourth-order valence-electron chi connectivity index (χ4n) is 1.39. The van der Waals surface area contributed by atoms with Crippen LogP contribution >= 0.6 is 0 Å². The number of aliphatic hydroxyl groups excluding tert-OH is 1. The zero-order chi connectivity index (χ0) is 21.1. The number of aromatic hydroxyl groups is 1. The Morgan fingerprint density at radius 2 is 1.22 bits per heavy atom. The molecule has 27 heavy (non-hydrogen) atoms. The van der Waals surface area contributed by atoms with Gasteiger partial charge in [-0.15, -0.1) is 0 Å². The van der Waals surface area contributed by atoms with Gasteiger partial charge in [0.05, 0.1) is 0 Å². The van der Waals surface area contributed by atoms with Gasteiger partial charge >= 0.3 is 19.5 Å². The second-order valence-corrected chi connectivity index (χ2v) is 7.49. The van der Waals surface area contributed by atoms with E-state index < -0.39 is 0 Å². The Morgan fingerprint density at radius 1 is 0.852 bits per heavy atom. The Bertz CT molecular complexity index is 388. The summed E-state index contributed by atoms with van der Waals surface area (Å²) >= 11 is 0. The maximum atomic E-state index is 9.60. The van der Waals surface area contributed by atoms with Crippen LogP contribution in [-0.2, 0) is 26.0 Å². The number of phenolic OH excluding ortho intramolecular Hbond substituents is 1. The van der Waals surface area contributed by atoms with Crippen molar-refractivity contribution in [3.05, 3.63) is 41.7 Å². The second-order valence-electron chi connectivity index (χ2n) is 7.49. The van der Waals surface area contributed by atoms with Gasteiger partial charge in [0.15, 0.2) is 0 Å². The zero-order valence-electron chi connectivity index (χ0n) is 19.6. The molecule has 156 valence electrons. The van der Waals surface area contributed by atoms with Crippen LogP contribution in [0.15, 0.2) is 24.3 Å². The van der Waals surface area contributed by atoms with Crippen molar-refractivity contribution in [2.75, 3.05) is 40.8 Å². The molecule has 0 aliphatic heterocycles. The molecule has 0 saturated carbocycles. The van der Waals surface area contributed by atoms with Crippen LogP contribution < -0.4 is 0 Å². The second kappa shape index (κ2) is 23.6. The van der Waals surface area contributed by atoms with Gasteiger partial charge in [0, 0.05) is 31.8 Å². The Morgan fingerprint density at radius 3 is 1.56 bits per heavy atom. The van der Waals surface area contributed by atoms with Crippen molar-refractivity contribution in [3.63, 3.8) is 0 Å². The molecule has 0 fully saturated rings. The topological polar surface area (TPSA) is 46.9 Å². The fourth-order valence-corrected chi connectivity index (χ4v) is 1.39. The number of aliphatic hydroxyl groups is 1. The summed E-state index contributed by atoms with van der Waals surface area (Å²) < 4.78 is 0. The molecule has 0 atom stereocenters. The molecule has 4 nitrogen and oxygen atoms in total. The van der Waals surface area contributed by atoms with Gasteiger partial charge in [0.1, 0.15) is 5.75 Å². The third-order valence-corrected chi connectivity index (χ3v) is 2.36. The maximum Gasteiger partial charge on any atom is 2.00 e. The van der Waals surface area contributed by atoms with Crippen molar-refractivity contribution in [1.29, 1.82) is 0 Å². The Kier molecular flexibility index (Phi) is 29.7. The number of phenols is 1. The first-order valence-corrected chi connectivity index (χ1v) is 9.22. The standard InChI is InChI=1S/C12H20N2O.2C4H9.C2H6O.Zn/c1-13(2)8-9-14(3)10-11-6-4-5-7-12(11)15;2*1-4(2)3;1-2-3;/h4-7,15H,8-10H2,1-3H3;2*1-3H3;3H,2H2,1H3;/q;2*-1;;+2. The quantitative estimate of drug-likeness (QED) is 0.525. The van der Waals surface area contributed by atoms with Gasteiger partial charge in [-0.25, -0.2) is 0 Å². The largest absolute Gasteiger partial charge is 2.00 e. The van der Waals surface area contributed by atoms with E-state index in [2.05, 4.69) is 72.5 Å². The van der Waals surface area contributed by atoms with Crippen molar-refractivity contribution in [1.82, 2.24) is 9.80 Å². The molecule has 0 radical (unpaired) electrons. The first kappa shape index (κ1) is 34.1. The molecule has 0 amide bonds. The number of rotatable bonds is 5. The van der Waals surface area contributed by atoms with Gasteiger partial charge in [-0.05, 0) is 34.1 Å². The van der Waals surface area contributed by atoms with E-state index in [1.54, 1.807) is 13.0 Å². The average molecular weight is 434 g/mol. The van der Waals surface area contributed by atoms with Crippen molar-refractivity contribution in [2.24, 2.45) is 0 Å². The molecule has 0 bridgehead atoms. The van der Waals surface area contributed by atoms with Crippen LogP contribution in [0, 0.1) is 11.8 Å². The summed E-state index contributed by atoms with van der Waals surface area (Å²) in [7, 11) is 6.19. The summed E-state index contributed by atoms with van der Waals surface area (Å²) in [5.41, 5.74) is 0.985. The first-order chi connectivity index (χ1) is 12.0. The van der Waals surface area contributed by atoms with E-state index >= 15 is 0 Å². The van der Waals surface area contributed by atoms with Gasteiger partial charge < -0.3 is 31.8 Å². The minimum Gasteiger partial charge on any atom is -0.508 e. The molecule has 0 heterocycles. The molecule has 1 aromatic rings. The molecule has 1 aromatic carbocycles. The molecule has 0 saturated heterocycles. The third-order valence-electron chi connectivity index (χ3n) is 2.36. The van der Waals surface area contributed by atoms with Gasteiger partial charge in [0.25, 0.3) is 0 Å². The van der Waals surface area contributed by atoms with Crippen LogP contribution in [0.3, 0.4) is 0 Å². The summed E-state index contributed by atoms with van der Waals surface area (Å²) in [6, 6.07) is 7.49. The Labute approximate surface area is 182 Å².